The molecular weight excluding hydrogens is 361 g/mol. The Kier molecular flexibility index (Phi) is 6.62. The number of benzene rings is 1. The maximum Gasteiger partial charge on any atom is 0.573 e. The molecule has 2 rings (SSSR count). The fourth-order valence-electron chi connectivity index (χ4n) is 3.22. The van der Waals surface area contributed by atoms with E-state index in [0.29, 0.717) is 17.2 Å². The summed E-state index contributed by atoms with van der Waals surface area (Å²) in [6.07, 6.45) is -1.01. The third-order valence-corrected chi connectivity index (χ3v) is 4.59. The number of hydrogen-bond donors (Lipinski definition) is 0. The zero-order chi connectivity index (χ0) is 20.2. The quantitative estimate of drug-likeness (QED) is 0.680. The molecule has 0 amide bonds. The van der Waals surface area contributed by atoms with Gasteiger partial charge in [0.25, 0.3) is 0 Å². The first kappa shape index (κ1) is 20.9. The molecule has 0 N–H and O–H groups in total. The molecule has 0 bridgehead atoms. The highest BCUT2D eigenvalue weighted by Gasteiger charge is 2.33. The molecule has 0 aliphatic carbocycles. The fraction of sp³-hybridized carbons (Fsp3) is 0.526. The Morgan fingerprint density at radius 1 is 1.15 bits per heavy atom. The predicted octanol–water partition coefficient (Wildman–Crippen LogP) is 4.72. The van der Waals surface area contributed by atoms with Gasteiger partial charge in [-0.2, -0.15) is 0 Å². The van der Waals surface area contributed by atoms with Gasteiger partial charge in [-0.1, -0.05) is 13.8 Å². The summed E-state index contributed by atoms with van der Waals surface area (Å²) in [7, 11) is 2.93. The Morgan fingerprint density at radius 3 is 2.33 bits per heavy atom. The van der Waals surface area contributed by atoms with Crippen molar-refractivity contribution in [1.29, 1.82) is 0 Å². The number of hydrogen-bond acceptors (Lipinski definition) is 5. The molecule has 1 aromatic rings. The average molecular weight is 386 g/mol. The monoisotopic (exact) mass is 386 g/mol. The number of rotatable bonds is 7. The Bertz CT molecular complexity index is 713. The van der Waals surface area contributed by atoms with E-state index in [1.807, 2.05) is 13.1 Å². The Labute approximate surface area is 157 Å². The maximum atomic E-state index is 12.5. The minimum Gasteiger partial charge on any atom is -0.496 e. The summed E-state index contributed by atoms with van der Waals surface area (Å²) < 4.78 is 52.1. The van der Waals surface area contributed by atoms with Gasteiger partial charge in [-0.3, -0.25) is 0 Å². The van der Waals surface area contributed by atoms with Gasteiger partial charge in [-0.05, 0) is 31.9 Å². The van der Waals surface area contributed by atoms with Gasteiger partial charge >= 0.3 is 6.36 Å². The second-order valence-electron chi connectivity index (χ2n) is 6.17. The summed E-state index contributed by atoms with van der Waals surface area (Å²) in [5.74, 6) is 0.350. The minimum absolute atomic E-state index is 0.0999. The fourth-order valence-corrected chi connectivity index (χ4v) is 3.22. The lowest BCUT2D eigenvalue weighted by Crippen LogP contribution is -2.44. The molecule has 8 heteroatoms. The Morgan fingerprint density at radius 2 is 1.81 bits per heavy atom. The van der Waals surface area contributed by atoms with Gasteiger partial charge in [0.15, 0.2) is 0 Å². The number of ether oxygens (including phenoxy) is 3. The molecule has 1 atom stereocenters. The highest BCUT2D eigenvalue weighted by atomic mass is 19.4. The number of aliphatic imine (C=N–C) groups is 1. The van der Waals surface area contributed by atoms with Gasteiger partial charge in [-0.15, -0.1) is 13.2 Å². The predicted molar refractivity (Wildman–Crippen MR) is 97.0 cm³/mol. The van der Waals surface area contributed by atoms with Crippen LogP contribution in [-0.2, 0) is 4.74 Å². The van der Waals surface area contributed by atoms with E-state index in [2.05, 4.69) is 28.5 Å². The molecule has 1 aromatic carbocycles. The first-order valence-electron chi connectivity index (χ1n) is 8.80. The topological polar surface area (TPSA) is 43.3 Å². The highest BCUT2D eigenvalue weighted by molar-refractivity contribution is 6.07. The molecule has 150 valence electrons. The van der Waals surface area contributed by atoms with Gasteiger partial charge in [0.05, 0.1) is 32.2 Å². The molecule has 0 spiro atoms. The maximum absolute atomic E-state index is 12.5. The van der Waals surface area contributed by atoms with Crippen LogP contribution in [-0.4, -0.2) is 43.3 Å². The smallest absolute Gasteiger partial charge is 0.496 e. The first-order valence-corrected chi connectivity index (χ1v) is 8.80. The normalized spacial score (nSPS) is 17.5. The molecule has 0 fully saturated rings. The van der Waals surface area contributed by atoms with Crippen molar-refractivity contribution in [2.45, 2.75) is 52.1 Å². The lowest BCUT2D eigenvalue weighted by atomic mass is 9.98. The van der Waals surface area contributed by atoms with Crippen LogP contribution in [0.5, 0.6) is 11.5 Å². The standard InChI is InChI=1S/C19H25F3N2O3/c1-6-13(7-2)24-11-17(26-5)23-18(12(24)3)15-9-8-14(10-16(15)25-4)27-19(20,21)22/h8-13H,6-7H2,1-5H3. The van der Waals surface area contributed by atoms with E-state index in [1.165, 1.54) is 32.4 Å². The summed E-state index contributed by atoms with van der Waals surface area (Å²) in [6, 6.07) is 4.18. The van der Waals surface area contributed by atoms with Gasteiger partial charge in [-0.25, -0.2) is 4.99 Å². The molecule has 0 aromatic heterocycles. The van der Waals surface area contributed by atoms with E-state index < -0.39 is 6.36 Å². The summed E-state index contributed by atoms with van der Waals surface area (Å²) in [5, 5.41) is 0. The summed E-state index contributed by atoms with van der Waals surface area (Å²) in [4.78, 5) is 6.70. The van der Waals surface area contributed by atoms with E-state index in [0.717, 1.165) is 12.8 Å². The molecule has 0 saturated heterocycles. The molecule has 0 radical (unpaired) electrons. The van der Waals surface area contributed by atoms with E-state index in [1.54, 1.807) is 0 Å². The molecule has 5 nitrogen and oxygen atoms in total. The van der Waals surface area contributed by atoms with Crippen molar-refractivity contribution in [2.75, 3.05) is 14.2 Å². The molecular formula is C19H25F3N2O3. The van der Waals surface area contributed by atoms with Crippen LogP contribution in [0, 0.1) is 0 Å². The zero-order valence-corrected chi connectivity index (χ0v) is 16.1. The van der Waals surface area contributed by atoms with Crippen LogP contribution in [0.2, 0.25) is 0 Å². The molecule has 0 saturated carbocycles. The van der Waals surface area contributed by atoms with Crippen molar-refractivity contribution in [3.63, 3.8) is 0 Å². The second kappa shape index (κ2) is 8.54. The molecule has 1 aliphatic rings. The van der Waals surface area contributed by atoms with Crippen LogP contribution in [0.4, 0.5) is 13.2 Å². The third-order valence-electron chi connectivity index (χ3n) is 4.59. The van der Waals surface area contributed by atoms with Gasteiger partial charge in [0.1, 0.15) is 11.5 Å². The van der Waals surface area contributed by atoms with Gasteiger partial charge < -0.3 is 19.1 Å². The SMILES string of the molecule is CCC(CC)N1C=C(OC)N=C(c2ccc(OC(F)(F)F)cc2OC)C1C. The largest absolute Gasteiger partial charge is 0.573 e. The van der Waals surface area contributed by atoms with Crippen molar-refractivity contribution in [3.05, 3.63) is 35.8 Å². The average Bonchev–Trinajstić information content (AvgIpc) is 2.62. The van der Waals surface area contributed by atoms with Crippen molar-refractivity contribution < 1.29 is 27.4 Å². The number of methoxy groups -OCH3 is 2. The molecule has 27 heavy (non-hydrogen) atoms. The number of halogens is 3. The summed E-state index contributed by atoms with van der Waals surface area (Å²) >= 11 is 0. The molecule has 1 heterocycles. The Hall–Kier alpha value is -2.38. The van der Waals surface area contributed by atoms with Crippen molar-refractivity contribution >= 4 is 5.71 Å². The lowest BCUT2D eigenvalue weighted by molar-refractivity contribution is -0.274. The number of alkyl halides is 3. The van der Waals surface area contributed by atoms with E-state index in [9.17, 15) is 13.2 Å². The first-order chi connectivity index (χ1) is 12.7. The summed E-state index contributed by atoms with van der Waals surface area (Å²) in [5.41, 5.74) is 1.26. The van der Waals surface area contributed by atoms with Crippen LogP contribution >= 0.6 is 0 Å². The van der Waals surface area contributed by atoms with Crippen molar-refractivity contribution in [3.8, 4) is 11.5 Å². The van der Waals surface area contributed by atoms with Gasteiger partial charge in [0, 0.05) is 17.7 Å². The van der Waals surface area contributed by atoms with E-state index >= 15 is 0 Å². The van der Waals surface area contributed by atoms with Crippen LogP contribution in [0.25, 0.3) is 0 Å². The highest BCUT2D eigenvalue weighted by Crippen LogP contribution is 2.32. The lowest BCUT2D eigenvalue weighted by Gasteiger charge is -2.38. The third kappa shape index (κ3) is 4.87. The van der Waals surface area contributed by atoms with Gasteiger partial charge in [0.2, 0.25) is 5.88 Å². The molecule has 1 unspecified atom stereocenters. The van der Waals surface area contributed by atoms with E-state index in [-0.39, 0.29) is 23.6 Å². The van der Waals surface area contributed by atoms with Crippen LogP contribution in [0.3, 0.4) is 0 Å². The molecule has 1 aliphatic heterocycles. The Balaban J connectivity index is 2.45. The zero-order valence-electron chi connectivity index (χ0n) is 16.1. The van der Waals surface area contributed by atoms with E-state index in [4.69, 9.17) is 9.47 Å². The van der Waals surface area contributed by atoms with Crippen LogP contribution < -0.4 is 9.47 Å². The second-order valence-corrected chi connectivity index (χ2v) is 6.17. The van der Waals surface area contributed by atoms with Crippen molar-refractivity contribution in [2.24, 2.45) is 4.99 Å². The van der Waals surface area contributed by atoms with Crippen LogP contribution in [0.15, 0.2) is 35.3 Å². The van der Waals surface area contributed by atoms with Crippen LogP contribution in [0.1, 0.15) is 39.2 Å². The van der Waals surface area contributed by atoms with Crippen molar-refractivity contribution in [1.82, 2.24) is 4.90 Å². The number of nitrogens with zero attached hydrogens (tertiary/aromatic N) is 2. The summed E-state index contributed by atoms with van der Waals surface area (Å²) in [6.45, 7) is 6.21. The minimum atomic E-state index is -4.76.